The molecule has 1 atom stereocenters. The highest BCUT2D eigenvalue weighted by molar-refractivity contribution is 5.95. The molecule has 0 saturated heterocycles. The van der Waals surface area contributed by atoms with Crippen LogP contribution in [0, 0.1) is 0 Å². The third kappa shape index (κ3) is 3.93. The van der Waals surface area contributed by atoms with Gasteiger partial charge in [0.05, 0.1) is 40.8 Å². The Hall–Kier alpha value is -2.32. The van der Waals surface area contributed by atoms with Crippen LogP contribution >= 0.6 is 0 Å². The lowest BCUT2D eigenvalue weighted by molar-refractivity contribution is -0.136. The maximum atomic E-state index is 13.8. The fraction of sp³-hybridized carbons (Fsp3) is 0.526. The van der Waals surface area contributed by atoms with E-state index in [4.69, 9.17) is 9.47 Å². The molecule has 1 aliphatic heterocycles. The van der Waals surface area contributed by atoms with E-state index in [1.165, 1.54) is 17.0 Å². The average Bonchev–Trinajstić information content (AvgIpc) is 2.59. The normalized spacial score (nSPS) is 17.2. The largest absolute Gasteiger partial charge is 0.489 e. The molecule has 4 nitrogen and oxygen atoms in total. The summed E-state index contributed by atoms with van der Waals surface area (Å²) in [6.45, 7) is 4.63. The number of ether oxygens (including phenoxy) is 2. The highest BCUT2D eigenvalue weighted by Gasteiger charge is 2.38. The first kappa shape index (κ1) is 20.4. The number of nitrogens with zero attached hydrogens (tertiary/aromatic N) is 2. The molecule has 0 spiro atoms. The molecule has 0 saturated carbocycles. The van der Waals surface area contributed by atoms with Crippen molar-refractivity contribution in [1.82, 2.24) is 4.98 Å². The summed E-state index contributed by atoms with van der Waals surface area (Å²) in [6, 6.07) is 3.35. The van der Waals surface area contributed by atoms with Crippen LogP contribution in [-0.2, 0) is 6.18 Å². The minimum atomic E-state index is -4.69. The molecule has 1 aliphatic rings. The summed E-state index contributed by atoms with van der Waals surface area (Å²) < 4.78 is 78.5. The number of halogens is 5. The van der Waals surface area contributed by atoms with Gasteiger partial charge in [-0.1, -0.05) is 6.92 Å². The lowest BCUT2D eigenvalue weighted by Crippen LogP contribution is -2.45. The Labute approximate surface area is 159 Å². The van der Waals surface area contributed by atoms with Crippen molar-refractivity contribution in [2.24, 2.45) is 0 Å². The number of fused-ring (bicyclic) bond motifs is 3. The molecular formula is C19H21F5N2O2. The monoisotopic (exact) mass is 404 g/mol. The lowest BCUT2D eigenvalue weighted by Gasteiger charge is -2.38. The Morgan fingerprint density at radius 1 is 1.29 bits per heavy atom. The van der Waals surface area contributed by atoms with Crippen molar-refractivity contribution in [2.45, 2.75) is 51.9 Å². The summed E-state index contributed by atoms with van der Waals surface area (Å²) in [4.78, 5) is 5.57. The molecule has 154 valence electrons. The topological polar surface area (TPSA) is 34.6 Å². The van der Waals surface area contributed by atoms with Crippen LogP contribution in [0.25, 0.3) is 10.9 Å². The first-order valence-corrected chi connectivity index (χ1v) is 9.01. The van der Waals surface area contributed by atoms with Gasteiger partial charge in [-0.15, -0.1) is 0 Å². The SMILES string of the molecule is CC[C@@H]1COc2c(ccc3nc(OC(C)C)cc(C(F)(F)F)c23)N1CC(F)F. The molecule has 1 aromatic heterocycles. The molecule has 0 N–H and O–H groups in total. The van der Waals surface area contributed by atoms with E-state index < -0.39 is 24.7 Å². The molecule has 3 rings (SSSR count). The van der Waals surface area contributed by atoms with Gasteiger partial charge in [0.25, 0.3) is 6.43 Å². The van der Waals surface area contributed by atoms with Gasteiger partial charge in [0.15, 0.2) is 5.75 Å². The molecule has 28 heavy (non-hydrogen) atoms. The molecule has 0 amide bonds. The van der Waals surface area contributed by atoms with Crippen LogP contribution in [0.4, 0.5) is 27.6 Å². The van der Waals surface area contributed by atoms with Gasteiger partial charge in [0, 0.05) is 6.07 Å². The van der Waals surface area contributed by atoms with Gasteiger partial charge in [-0.05, 0) is 32.4 Å². The molecule has 0 fully saturated rings. The van der Waals surface area contributed by atoms with Crippen molar-refractivity contribution >= 4 is 16.6 Å². The highest BCUT2D eigenvalue weighted by Crippen LogP contribution is 2.46. The summed E-state index contributed by atoms with van der Waals surface area (Å²) in [7, 11) is 0. The van der Waals surface area contributed by atoms with Crippen LogP contribution in [-0.4, -0.2) is 36.7 Å². The smallest absolute Gasteiger partial charge is 0.417 e. The van der Waals surface area contributed by atoms with Crippen LogP contribution in [0.2, 0.25) is 0 Å². The number of alkyl halides is 5. The predicted molar refractivity (Wildman–Crippen MR) is 95.4 cm³/mol. The number of anilines is 1. The molecule has 0 radical (unpaired) electrons. The maximum Gasteiger partial charge on any atom is 0.417 e. The third-order valence-electron chi connectivity index (χ3n) is 4.52. The Morgan fingerprint density at radius 3 is 2.57 bits per heavy atom. The Morgan fingerprint density at radius 2 is 2.00 bits per heavy atom. The van der Waals surface area contributed by atoms with E-state index in [1.54, 1.807) is 13.8 Å². The van der Waals surface area contributed by atoms with Gasteiger partial charge in [-0.3, -0.25) is 0 Å². The number of hydrogen-bond acceptors (Lipinski definition) is 4. The van der Waals surface area contributed by atoms with Gasteiger partial charge in [-0.25, -0.2) is 13.8 Å². The first-order chi connectivity index (χ1) is 13.1. The zero-order chi connectivity index (χ0) is 20.6. The summed E-state index contributed by atoms with van der Waals surface area (Å²) in [5, 5.41) is -0.241. The van der Waals surface area contributed by atoms with Crippen molar-refractivity contribution in [3.63, 3.8) is 0 Å². The number of pyridine rings is 1. The lowest BCUT2D eigenvalue weighted by atomic mass is 10.0. The van der Waals surface area contributed by atoms with Crippen molar-refractivity contribution < 1.29 is 31.4 Å². The van der Waals surface area contributed by atoms with Gasteiger partial charge in [0.2, 0.25) is 5.88 Å². The molecule has 9 heteroatoms. The van der Waals surface area contributed by atoms with Gasteiger partial charge in [0.1, 0.15) is 6.61 Å². The van der Waals surface area contributed by atoms with Crippen molar-refractivity contribution in [3.8, 4) is 11.6 Å². The second-order valence-corrected chi connectivity index (χ2v) is 6.90. The number of benzene rings is 1. The van der Waals surface area contributed by atoms with E-state index in [1.807, 2.05) is 6.92 Å². The first-order valence-electron chi connectivity index (χ1n) is 9.01. The van der Waals surface area contributed by atoms with Crippen LogP contribution in [0.3, 0.4) is 0 Å². The molecule has 0 aliphatic carbocycles. The Balaban J connectivity index is 2.24. The van der Waals surface area contributed by atoms with Gasteiger partial charge in [-0.2, -0.15) is 13.2 Å². The van der Waals surface area contributed by atoms with E-state index >= 15 is 0 Å². The van der Waals surface area contributed by atoms with Crippen LogP contribution < -0.4 is 14.4 Å². The molecule has 0 bridgehead atoms. The molecule has 1 aromatic carbocycles. The molecule has 2 heterocycles. The molecule has 2 aromatic rings. The number of hydrogen-bond donors (Lipinski definition) is 0. The quantitative estimate of drug-likeness (QED) is 0.635. The second-order valence-electron chi connectivity index (χ2n) is 6.90. The van der Waals surface area contributed by atoms with Crippen LogP contribution in [0.15, 0.2) is 18.2 Å². The van der Waals surface area contributed by atoms with E-state index in [0.29, 0.717) is 6.42 Å². The van der Waals surface area contributed by atoms with E-state index in [0.717, 1.165) is 6.07 Å². The Kier molecular flexibility index (Phi) is 5.54. The summed E-state index contributed by atoms with van der Waals surface area (Å²) in [5.74, 6) is -0.222. The van der Waals surface area contributed by atoms with E-state index in [-0.39, 0.29) is 47.0 Å². The van der Waals surface area contributed by atoms with E-state index in [9.17, 15) is 22.0 Å². The third-order valence-corrected chi connectivity index (χ3v) is 4.52. The van der Waals surface area contributed by atoms with E-state index in [2.05, 4.69) is 4.98 Å². The summed E-state index contributed by atoms with van der Waals surface area (Å²) in [6.07, 6.45) is -7.15. The number of aromatic nitrogens is 1. The second kappa shape index (κ2) is 7.60. The minimum Gasteiger partial charge on any atom is -0.489 e. The van der Waals surface area contributed by atoms with Gasteiger partial charge < -0.3 is 14.4 Å². The standard InChI is InChI=1S/C19H21F5N2O2/c1-4-11-9-27-18-14(26(11)8-15(20)21)6-5-13-17(18)12(19(22,23)24)7-16(25-13)28-10(2)3/h5-7,10-11,15H,4,8-9H2,1-3H3/t11-/m1/s1. The molecular weight excluding hydrogens is 383 g/mol. The van der Waals surface area contributed by atoms with Gasteiger partial charge >= 0.3 is 6.18 Å². The van der Waals surface area contributed by atoms with Crippen molar-refractivity contribution in [2.75, 3.05) is 18.1 Å². The minimum absolute atomic E-state index is 0.0247. The highest BCUT2D eigenvalue weighted by atomic mass is 19.4. The Bertz CT molecular complexity index is 854. The fourth-order valence-electron chi connectivity index (χ4n) is 3.36. The number of rotatable bonds is 5. The van der Waals surface area contributed by atoms with Crippen molar-refractivity contribution in [3.05, 3.63) is 23.8 Å². The van der Waals surface area contributed by atoms with Crippen LogP contribution in [0.1, 0.15) is 32.8 Å². The van der Waals surface area contributed by atoms with Crippen LogP contribution in [0.5, 0.6) is 11.6 Å². The zero-order valence-electron chi connectivity index (χ0n) is 15.7. The van der Waals surface area contributed by atoms with Crippen molar-refractivity contribution in [1.29, 1.82) is 0 Å². The summed E-state index contributed by atoms with van der Waals surface area (Å²) in [5.41, 5.74) is -0.705. The summed E-state index contributed by atoms with van der Waals surface area (Å²) >= 11 is 0. The predicted octanol–water partition coefficient (Wildman–Crippen LogP) is 5.28. The molecule has 0 unspecified atom stereocenters. The fourth-order valence-corrected chi connectivity index (χ4v) is 3.36. The maximum absolute atomic E-state index is 13.8. The zero-order valence-corrected chi connectivity index (χ0v) is 15.7. The average molecular weight is 404 g/mol.